The number of nitrogens with zero attached hydrogens (tertiary/aromatic N) is 1. The van der Waals surface area contributed by atoms with Crippen molar-refractivity contribution in [1.82, 2.24) is 4.98 Å². The van der Waals surface area contributed by atoms with E-state index in [1.807, 2.05) is 6.26 Å². The van der Waals surface area contributed by atoms with E-state index in [4.69, 9.17) is 4.74 Å². The van der Waals surface area contributed by atoms with E-state index < -0.39 is 5.95 Å². The van der Waals surface area contributed by atoms with E-state index in [9.17, 15) is 4.39 Å². The average molecular weight is 199 g/mol. The molecule has 0 aliphatic heterocycles. The first kappa shape index (κ1) is 8.81. The topological polar surface area (TPSA) is 22.1 Å². The fourth-order valence-corrected chi connectivity index (χ4v) is 1.48. The van der Waals surface area contributed by atoms with E-state index in [2.05, 4.69) is 4.98 Å². The molecule has 0 aromatic carbocycles. The number of hydrogen-bond acceptors (Lipinski definition) is 3. The molecule has 0 N–H and O–H groups in total. The maximum Gasteiger partial charge on any atom is 0.216 e. The van der Waals surface area contributed by atoms with Crippen molar-refractivity contribution in [1.29, 1.82) is 0 Å². The van der Waals surface area contributed by atoms with E-state index in [1.54, 1.807) is 0 Å². The number of pyridine rings is 1. The minimum absolute atomic E-state index is 0.299. The molecule has 2 rings (SSSR count). The summed E-state index contributed by atoms with van der Waals surface area (Å²) in [5.74, 6) is 0.149. The minimum atomic E-state index is -0.478. The van der Waals surface area contributed by atoms with E-state index in [0.717, 1.165) is 17.7 Å². The molecule has 0 amide bonds. The first-order valence-electron chi connectivity index (χ1n) is 4.16. The highest BCUT2D eigenvalue weighted by atomic mass is 32.2. The lowest BCUT2D eigenvalue weighted by Gasteiger charge is -2.07. The van der Waals surface area contributed by atoms with Crippen LogP contribution in [-0.2, 0) is 0 Å². The largest absolute Gasteiger partial charge is 0.489 e. The van der Waals surface area contributed by atoms with Crippen molar-refractivity contribution >= 4 is 11.8 Å². The molecule has 0 unspecified atom stereocenters. The normalized spacial score (nSPS) is 15.8. The molecule has 1 aromatic rings. The predicted molar refractivity (Wildman–Crippen MR) is 49.6 cm³/mol. The first-order valence-corrected chi connectivity index (χ1v) is 5.38. The molecule has 1 fully saturated rings. The lowest BCUT2D eigenvalue weighted by Crippen LogP contribution is -1.98. The Kier molecular flexibility index (Phi) is 2.40. The van der Waals surface area contributed by atoms with E-state index in [1.165, 1.54) is 24.0 Å². The van der Waals surface area contributed by atoms with Crippen LogP contribution in [0.5, 0.6) is 5.75 Å². The van der Waals surface area contributed by atoms with Gasteiger partial charge in [-0.2, -0.15) is 4.39 Å². The second-order valence-electron chi connectivity index (χ2n) is 2.98. The summed E-state index contributed by atoms with van der Waals surface area (Å²) in [5, 5.41) is 0. The zero-order chi connectivity index (χ0) is 9.26. The zero-order valence-electron chi connectivity index (χ0n) is 7.29. The second-order valence-corrected chi connectivity index (χ2v) is 3.82. The van der Waals surface area contributed by atoms with Crippen molar-refractivity contribution in [2.24, 2.45) is 0 Å². The van der Waals surface area contributed by atoms with E-state index >= 15 is 0 Å². The average Bonchev–Trinajstić information content (AvgIpc) is 2.89. The van der Waals surface area contributed by atoms with Crippen LogP contribution in [0.25, 0.3) is 0 Å². The summed E-state index contributed by atoms with van der Waals surface area (Å²) >= 11 is 1.52. The Hall–Kier alpha value is -0.770. The Balaban J connectivity index is 2.22. The van der Waals surface area contributed by atoms with Gasteiger partial charge in [0, 0.05) is 12.3 Å². The molecule has 4 heteroatoms. The molecule has 0 atom stereocenters. The van der Waals surface area contributed by atoms with Crippen LogP contribution in [0.15, 0.2) is 17.2 Å². The fourth-order valence-electron chi connectivity index (χ4n) is 1.01. The van der Waals surface area contributed by atoms with Gasteiger partial charge >= 0.3 is 0 Å². The number of halogens is 1. The van der Waals surface area contributed by atoms with Crippen LogP contribution < -0.4 is 4.74 Å². The number of thioether (sulfide) groups is 1. The number of aromatic nitrogens is 1. The van der Waals surface area contributed by atoms with Gasteiger partial charge in [-0.05, 0) is 19.1 Å². The summed E-state index contributed by atoms with van der Waals surface area (Å²) < 4.78 is 18.3. The van der Waals surface area contributed by atoms with Gasteiger partial charge in [0.15, 0.2) is 0 Å². The Morgan fingerprint density at radius 2 is 2.38 bits per heavy atom. The van der Waals surface area contributed by atoms with Crippen molar-refractivity contribution in [3.63, 3.8) is 0 Å². The third kappa shape index (κ3) is 2.12. The van der Waals surface area contributed by atoms with Crippen LogP contribution in [-0.4, -0.2) is 17.3 Å². The third-order valence-electron chi connectivity index (χ3n) is 1.84. The molecule has 0 bridgehead atoms. The van der Waals surface area contributed by atoms with Crippen LogP contribution in [0.1, 0.15) is 12.8 Å². The molecule has 0 saturated heterocycles. The number of ether oxygens (including phenoxy) is 1. The van der Waals surface area contributed by atoms with Crippen molar-refractivity contribution in [2.75, 3.05) is 6.26 Å². The van der Waals surface area contributed by atoms with Crippen LogP contribution in [0.2, 0.25) is 0 Å². The van der Waals surface area contributed by atoms with Gasteiger partial charge in [-0.15, -0.1) is 11.8 Å². The molecule has 1 aliphatic carbocycles. The molecular formula is C9H10FNOS. The van der Waals surface area contributed by atoms with Crippen molar-refractivity contribution in [2.45, 2.75) is 23.8 Å². The lowest BCUT2D eigenvalue weighted by atomic mass is 10.4. The van der Waals surface area contributed by atoms with Crippen molar-refractivity contribution < 1.29 is 9.13 Å². The van der Waals surface area contributed by atoms with Gasteiger partial charge < -0.3 is 4.74 Å². The molecule has 70 valence electrons. The summed E-state index contributed by atoms with van der Waals surface area (Å²) in [6, 6.07) is 1.35. The van der Waals surface area contributed by atoms with Crippen LogP contribution in [0.4, 0.5) is 4.39 Å². The van der Waals surface area contributed by atoms with Gasteiger partial charge in [0.1, 0.15) is 5.75 Å². The van der Waals surface area contributed by atoms with Gasteiger partial charge in [-0.25, -0.2) is 4.98 Å². The molecule has 1 heterocycles. The van der Waals surface area contributed by atoms with Gasteiger partial charge in [0.25, 0.3) is 0 Å². The lowest BCUT2D eigenvalue weighted by molar-refractivity contribution is 0.293. The van der Waals surface area contributed by atoms with E-state index in [-0.39, 0.29) is 0 Å². The zero-order valence-corrected chi connectivity index (χ0v) is 8.10. The highest BCUT2D eigenvalue weighted by Crippen LogP contribution is 2.33. The molecular weight excluding hydrogens is 189 g/mol. The van der Waals surface area contributed by atoms with Crippen molar-refractivity contribution in [3.8, 4) is 5.75 Å². The Labute approximate surface area is 80.5 Å². The summed E-state index contributed by atoms with van der Waals surface area (Å²) in [5.41, 5.74) is 0. The van der Waals surface area contributed by atoms with Crippen LogP contribution in [0.3, 0.4) is 0 Å². The van der Waals surface area contributed by atoms with Crippen molar-refractivity contribution in [3.05, 3.63) is 18.2 Å². The van der Waals surface area contributed by atoms with Gasteiger partial charge in [0.05, 0.1) is 11.0 Å². The smallest absolute Gasteiger partial charge is 0.216 e. The maximum atomic E-state index is 12.8. The quantitative estimate of drug-likeness (QED) is 0.551. The molecule has 13 heavy (non-hydrogen) atoms. The summed E-state index contributed by atoms with van der Waals surface area (Å²) in [4.78, 5) is 4.47. The summed E-state index contributed by atoms with van der Waals surface area (Å²) in [6.07, 6.45) is 5.90. The number of hydrogen-bond donors (Lipinski definition) is 0. The van der Waals surface area contributed by atoms with Crippen LogP contribution in [0, 0.1) is 5.95 Å². The SMILES string of the molecule is CSc1cnc(F)cc1OC1CC1. The molecule has 1 aromatic heterocycles. The highest BCUT2D eigenvalue weighted by molar-refractivity contribution is 7.98. The standard InChI is InChI=1S/C9H10FNOS/c1-13-8-5-11-9(10)4-7(8)12-6-2-3-6/h4-6H,2-3H2,1H3. The Bertz CT molecular complexity index is 314. The molecule has 2 nitrogen and oxygen atoms in total. The fraction of sp³-hybridized carbons (Fsp3) is 0.444. The Morgan fingerprint density at radius 1 is 1.62 bits per heavy atom. The minimum Gasteiger partial charge on any atom is -0.489 e. The monoisotopic (exact) mass is 199 g/mol. The molecule has 1 aliphatic rings. The third-order valence-corrected chi connectivity index (χ3v) is 2.58. The first-order chi connectivity index (χ1) is 6.29. The highest BCUT2D eigenvalue weighted by Gasteiger charge is 2.24. The molecule has 0 spiro atoms. The predicted octanol–water partition coefficient (Wildman–Crippen LogP) is 2.48. The van der Waals surface area contributed by atoms with Gasteiger partial charge in [0.2, 0.25) is 5.95 Å². The summed E-state index contributed by atoms with van der Waals surface area (Å²) in [7, 11) is 0. The van der Waals surface area contributed by atoms with Gasteiger partial charge in [-0.3, -0.25) is 0 Å². The summed E-state index contributed by atoms with van der Waals surface area (Å²) in [6.45, 7) is 0. The molecule has 0 radical (unpaired) electrons. The van der Waals surface area contributed by atoms with E-state index in [0.29, 0.717) is 11.9 Å². The molecule has 1 saturated carbocycles. The van der Waals surface area contributed by atoms with Crippen LogP contribution >= 0.6 is 11.8 Å². The maximum absolute atomic E-state index is 12.8. The second kappa shape index (κ2) is 3.54. The van der Waals surface area contributed by atoms with Gasteiger partial charge in [-0.1, -0.05) is 0 Å². The number of rotatable bonds is 3. The Morgan fingerprint density at radius 3 is 3.00 bits per heavy atom.